The van der Waals surface area contributed by atoms with E-state index >= 15 is 0 Å². The van der Waals surface area contributed by atoms with Crippen LogP contribution in [0.4, 0.5) is 17.3 Å². The predicted octanol–water partition coefficient (Wildman–Crippen LogP) is 5.27. The molecule has 0 bridgehead atoms. The minimum Gasteiger partial charge on any atom is -0.437 e. The summed E-state index contributed by atoms with van der Waals surface area (Å²) >= 11 is 6.49. The number of ether oxygens (including phenoxy) is 1. The molecule has 136 valence electrons. The van der Waals surface area contributed by atoms with E-state index in [4.69, 9.17) is 27.3 Å². The summed E-state index contributed by atoms with van der Waals surface area (Å²) in [6, 6.07) is 19.9. The highest BCUT2D eigenvalue weighted by Gasteiger charge is 2.10. The zero-order valence-corrected chi connectivity index (χ0v) is 15.3. The molecule has 28 heavy (non-hydrogen) atoms. The number of benzene rings is 3. The predicted molar refractivity (Wildman–Crippen MR) is 110 cm³/mol. The van der Waals surface area contributed by atoms with Gasteiger partial charge in [0.05, 0.1) is 16.7 Å². The van der Waals surface area contributed by atoms with Crippen LogP contribution in [0.1, 0.15) is 5.56 Å². The molecule has 1 aromatic heterocycles. The molecule has 0 saturated carbocycles. The van der Waals surface area contributed by atoms with Crippen LogP contribution >= 0.6 is 11.6 Å². The highest BCUT2D eigenvalue weighted by molar-refractivity contribution is 6.37. The molecule has 0 fully saturated rings. The normalized spacial score (nSPS) is 10.4. The molecule has 6 nitrogen and oxygen atoms in total. The molecule has 0 saturated heterocycles. The third kappa shape index (κ3) is 3.65. The number of rotatable bonds is 4. The monoisotopic (exact) mass is 387 g/mol. The summed E-state index contributed by atoms with van der Waals surface area (Å²) in [5.41, 5.74) is 7.83. The first-order chi connectivity index (χ1) is 13.6. The Morgan fingerprint density at radius 3 is 2.64 bits per heavy atom. The van der Waals surface area contributed by atoms with Crippen LogP contribution in [0.25, 0.3) is 10.8 Å². The van der Waals surface area contributed by atoms with Crippen LogP contribution in [0.3, 0.4) is 0 Å². The number of hydrogen-bond donors (Lipinski definition) is 2. The summed E-state index contributed by atoms with van der Waals surface area (Å²) < 4.78 is 5.86. The molecule has 0 atom stereocenters. The molecule has 3 aromatic carbocycles. The van der Waals surface area contributed by atoms with Crippen molar-refractivity contribution in [3.8, 4) is 17.7 Å². The second kappa shape index (κ2) is 7.43. The van der Waals surface area contributed by atoms with Crippen molar-refractivity contribution in [2.24, 2.45) is 0 Å². The average molecular weight is 388 g/mol. The van der Waals surface area contributed by atoms with Gasteiger partial charge in [-0.05, 0) is 47.9 Å². The number of nitrogen functional groups attached to an aromatic ring is 1. The van der Waals surface area contributed by atoms with Gasteiger partial charge in [-0.25, -0.2) is 4.98 Å². The molecule has 0 amide bonds. The van der Waals surface area contributed by atoms with E-state index in [0.29, 0.717) is 33.9 Å². The Hall–Kier alpha value is -3.82. The van der Waals surface area contributed by atoms with E-state index in [-0.39, 0.29) is 0 Å². The Balaban J connectivity index is 1.58. The standard InChI is InChI=1S/C21H14ClN5O/c22-20-17-7-4-15(24)11-14(17)3-8-18(20)28-19-9-10-25-21(27-19)26-16-5-1-13(12-23)2-6-16/h1-11H,24H2,(H,25,26,27). The summed E-state index contributed by atoms with van der Waals surface area (Å²) in [6.45, 7) is 0. The van der Waals surface area contributed by atoms with Gasteiger partial charge >= 0.3 is 0 Å². The number of fused-ring (bicyclic) bond motifs is 1. The molecule has 0 unspecified atom stereocenters. The summed E-state index contributed by atoms with van der Waals surface area (Å²) in [7, 11) is 0. The van der Waals surface area contributed by atoms with Gasteiger partial charge < -0.3 is 15.8 Å². The van der Waals surface area contributed by atoms with Gasteiger partial charge in [0.2, 0.25) is 11.8 Å². The van der Waals surface area contributed by atoms with E-state index in [2.05, 4.69) is 21.4 Å². The molecule has 1 heterocycles. The van der Waals surface area contributed by atoms with Gasteiger partial charge in [0, 0.05) is 29.0 Å². The van der Waals surface area contributed by atoms with E-state index < -0.39 is 0 Å². The van der Waals surface area contributed by atoms with Gasteiger partial charge in [0.25, 0.3) is 0 Å². The molecule has 0 spiro atoms. The van der Waals surface area contributed by atoms with Crippen molar-refractivity contribution in [2.45, 2.75) is 0 Å². The van der Waals surface area contributed by atoms with E-state index in [0.717, 1.165) is 16.5 Å². The quantitative estimate of drug-likeness (QED) is 0.463. The Labute approximate surface area is 166 Å². The largest absolute Gasteiger partial charge is 0.437 e. The van der Waals surface area contributed by atoms with E-state index in [1.54, 1.807) is 48.7 Å². The zero-order chi connectivity index (χ0) is 19.5. The smallest absolute Gasteiger partial charge is 0.230 e. The molecule has 4 rings (SSSR count). The lowest BCUT2D eigenvalue weighted by Gasteiger charge is -2.11. The molecule has 0 aliphatic carbocycles. The van der Waals surface area contributed by atoms with Crippen LogP contribution in [0.15, 0.2) is 66.9 Å². The number of nitrogens with two attached hydrogens (primary N) is 1. The summed E-state index contributed by atoms with van der Waals surface area (Å²) in [6.07, 6.45) is 1.59. The summed E-state index contributed by atoms with van der Waals surface area (Å²) in [4.78, 5) is 8.54. The van der Waals surface area contributed by atoms with Gasteiger partial charge in [0.15, 0.2) is 0 Å². The molecular formula is C21H14ClN5O. The van der Waals surface area contributed by atoms with Crippen LogP contribution in [0.2, 0.25) is 5.02 Å². The Morgan fingerprint density at radius 1 is 1.04 bits per heavy atom. The molecule has 3 N–H and O–H groups in total. The number of hydrogen-bond acceptors (Lipinski definition) is 6. The minimum atomic E-state index is 0.350. The number of nitrogens with zero attached hydrogens (tertiary/aromatic N) is 3. The van der Waals surface area contributed by atoms with Crippen molar-refractivity contribution in [2.75, 3.05) is 11.1 Å². The molecule has 0 aliphatic rings. The Morgan fingerprint density at radius 2 is 1.86 bits per heavy atom. The van der Waals surface area contributed by atoms with E-state index in [1.165, 1.54) is 0 Å². The maximum atomic E-state index is 8.87. The maximum Gasteiger partial charge on any atom is 0.230 e. The van der Waals surface area contributed by atoms with Gasteiger partial charge in [-0.1, -0.05) is 23.7 Å². The van der Waals surface area contributed by atoms with Gasteiger partial charge in [-0.15, -0.1) is 0 Å². The Bertz CT molecular complexity index is 1200. The lowest BCUT2D eigenvalue weighted by Crippen LogP contribution is -1.98. The van der Waals surface area contributed by atoms with Crippen LogP contribution in [-0.2, 0) is 0 Å². The minimum absolute atomic E-state index is 0.350. The SMILES string of the molecule is N#Cc1ccc(Nc2nccc(Oc3ccc4cc(N)ccc4c3Cl)n2)cc1. The lowest BCUT2D eigenvalue weighted by atomic mass is 10.1. The number of halogens is 1. The van der Waals surface area contributed by atoms with Crippen LogP contribution in [-0.4, -0.2) is 9.97 Å². The van der Waals surface area contributed by atoms with Crippen molar-refractivity contribution in [3.05, 3.63) is 77.4 Å². The third-order valence-electron chi connectivity index (χ3n) is 4.06. The van der Waals surface area contributed by atoms with Crippen molar-refractivity contribution in [3.63, 3.8) is 0 Å². The van der Waals surface area contributed by atoms with Gasteiger partial charge in [-0.3, -0.25) is 0 Å². The Kier molecular flexibility index (Phi) is 4.67. The van der Waals surface area contributed by atoms with Crippen LogP contribution in [0, 0.1) is 11.3 Å². The third-order valence-corrected chi connectivity index (χ3v) is 4.45. The number of nitriles is 1. The number of nitrogens with one attached hydrogen (secondary N) is 1. The first-order valence-electron chi connectivity index (χ1n) is 8.38. The highest BCUT2D eigenvalue weighted by Crippen LogP contribution is 2.35. The van der Waals surface area contributed by atoms with Crippen molar-refractivity contribution in [1.82, 2.24) is 9.97 Å². The van der Waals surface area contributed by atoms with E-state index in [1.807, 2.05) is 18.2 Å². The zero-order valence-electron chi connectivity index (χ0n) is 14.6. The van der Waals surface area contributed by atoms with Crippen molar-refractivity contribution < 1.29 is 4.74 Å². The van der Waals surface area contributed by atoms with Gasteiger partial charge in [0.1, 0.15) is 5.75 Å². The fraction of sp³-hybridized carbons (Fsp3) is 0. The highest BCUT2D eigenvalue weighted by atomic mass is 35.5. The van der Waals surface area contributed by atoms with Crippen LogP contribution in [0.5, 0.6) is 11.6 Å². The maximum absolute atomic E-state index is 8.87. The molecule has 0 radical (unpaired) electrons. The van der Waals surface area contributed by atoms with Gasteiger partial charge in [-0.2, -0.15) is 10.2 Å². The summed E-state index contributed by atoms with van der Waals surface area (Å²) in [5, 5.41) is 14.2. The molecule has 4 aromatic rings. The first kappa shape index (κ1) is 17.6. The van der Waals surface area contributed by atoms with Crippen molar-refractivity contribution in [1.29, 1.82) is 5.26 Å². The second-order valence-corrected chi connectivity index (χ2v) is 6.37. The lowest BCUT2D eigenvalue weighted by molar-refractivity contribution is 0.463. The molecule has 7 heteroatoms. The fourth-order valence-corrected chi connectivity index (χ4v) is 2.97. The number of aromatic nitrogens is 2. The fourth-order valence-electron chi connectivity index (χ4n) is 2.70. The molecule has 0 aliphatic heterocycles. The average Bonchev–Trinajstić information content (AvgIpc) is 2.71. The summed E-state index contributed by atoms with van der Waals surface area (Å²) in [5.74, 6) is 1.21. The van der Waals surface area contributed by atoms with Crippen LogP contribution < -0.4 is 15.8 Å². The topological polar surface area (TPSA) is 96.8 Å². The second-order valence-electron chi connectivity index (χ2n) is 5.99. The van der Waals surface area contributed by atoms with E-state index in [9.17, 15) is 0 Å². The van der Waals surface area contributed by atoms with Crippen molar-refractivity contribution >= 4 is 39.7 Å². The molecular weight excluding hydrogens is 374 g/mol. The number of anilines is 3. The first-order valence-corrected chi connectivity index (χ1v) is 8.76.